The van der Waals surface area contributed by atoms with E-state index >= 15 is 0 Å². The third-order valence-corrected chi connectivity index (χ3v) is 5.27. The number of fused-ring (bicyclic) bond motifs is 1. The molecule has 0 bridgehead atoms. The third-order valence-electron chi connectivity index (χ3n) is 5.27. The second-order valence-electron chi connectivity index (χ2n) is 6.91. The molecule has 2 aromatic carbocycles. The van der Waals surface area contributed by atoms with Gasteiger partial charge < -0.3 is 9.47 Å². The van der Waals surface area contributed by atoms with Crippen LogP contribution in [0.3, 0.4) is 0 Å². The van der Waals surface area contributed by atoms with Gasteiger partial charge >= 0.3 is 0 Å². The Labute approximate surface area is 152 Å². The number of benzene rings is 2. The zero-order chi connectivity index (χ0) is 17.9. The Morgan fingerprint density at radius 1 is 1.04 bits per heavy atom. The van der Waals surface area contributed by atoms with Crippen molar-refractivity contribution in [2.75, 3.05) is 19.6 Å². The molecule has 0 radical (unpaired) electrons. The molecule has 4 nitrogen and oxygen atoms in total. The van der Waals surface area contributed by atoms with Gasteiger partial charge in [0.2, 0.25) is 0 Å². The van der Waals surface area contributed by atoms with Crippen LogP contribution in [0.25, 0.3) is 11.0 Å². The molecule has 0 unspecified atom stereocenters. The van der Waals surface area contributed by atoms with E-state index in [2.05, 4.69) is 20.5 Å². The van der Waals surface area contributed by atoms with Crippen molar-refractivity contribution in [3.63, 3.8) is 0 Å². The van der Waals surface area contributed by atoms with Crippen LogP contribution in [0.2, 0.25) is 0 Å². The summed E-state index contributed by atoms with van der Waals surface area (Å²) in [7, 11) is 0. The van der Waals surface area contributed by atoms with Crippen molar-refractivity contribution in [3.05, 3.63) is 66.2 Å². The molecule has 3 aromatic rings. The number of para-hydroxylation sites is 2. The number of imidazole rings is 1. The SMILES string of the molecule is O=C(c1ccc(F)cc1)C1CCN(CCn2cnc3ccccc32)CC1. The number of carbonyl (C=O) groups excluding carboxylic acids is 1. The molecule has 134 valence electrons. The first kappa shape index (κ1) is 16.9. The Morgan fingerprint density at radius 2 is 1.77 bits per heavy atom. The number of halogens is 1. The van der Waals surface area contributed by atoms with Gasteiger partial charge in [0.1, 0.15) is 5.82 Å². The number of hydrogen-bond donors (Lipinski definition) is 0. The van der Waals surface area contributed by atoms with Crippen LogP contribution >= 0.6 is 0 Å². The van der Waals surface area contributed by atoms with Gasteiger partial charge in [0, 0.05) is 24.6 Å². The molecule has 1 aliphatic heterocycles. The van der Waals surface area contributed by atoms with Gasteiger partial charge in [0.15, 0.2) is 5.78 Å². The Morgan fingerprint density at radius 3 is 2.54 bits per heavy atom. The number of carbonyl (C=O) groups is 1. The van der Waals surface area contributed by atoms with Crippen molar-refractivity contribution in [1.29, 1.82) is 0 Å². The highest BCUT2D eigenvalue weighted by atomic mass is 19.1. The first-order valence-corrected chi connectivity index (χ1v) is 9.13. The second-order valence-corrected chi connectivity index (χ2v) is 6.91. The standard InChI is InChI=1S/C21H22FN3O/c22-18-7-5-16(6-8-18)21(26)17-9-11-24(12-10-17)13-14-25-15-23-19-3-1-2-4-20(19)25/h1-8,15,17H,9-14H2. The topological polar surface area (TPSA) is 38.1 Å². The summed E-state index contributed by atoms with van der Waals surface area (Å²) < 4.78 is 15.2. The number of ketones is 1. The summed E-state index contributed by atoms with van der Waals surface area (Å²) >= 11 is 0. The zero-order valence-electron chi connectivity index (χ0n) is 14.6. The molecule has 1 aromatic heterocycles. The third kappa shape index (κ3) is 3.53. The molecule has 1 aliphatic rings. The van der Waals surface area contributed by atoms with Crippen LogP contribution in [0, 0.1) is 11.7 Å². The summed E-state index contributed by atoms with van der Waals surface area (Å²) in [6.07, 6.45) is 3.62. The maximum atomic E-state index is 13.0. The minimum atomic E-state index is -0.302. The van der Waals surface area contributed by atoms with E-state index in [1.165, 1.54) is 12.1 Å². The van der Waals surface area contributed by atoms with Crippen LogP contribution in [-0.4, -0.2) is 39.9 Å². The van der Waals surface area contributed by atoms with Crippen molar-refractivity contribution in [1.82, 2.24) is 14.5 Å². The number of piperidine rings is 1. The van der Waals surface area contributed by atoms with Gasteiger partial charge in [-0.1, -0.05) is 12.1 Å². The number of hydrogen-bond acceptors (Lipinski definition) is 3. The summed E-state index contributed by atoms with van der Waals surface area (Å²) in [6, 6.07) is 14.1. The van der Waals surface area contributed by atoms with Crippen LogP contribution in [0.4, 0.5) is 4.39 Å². The fourth-order valence-corrected chi connectivity index (χ4v) is 3.71. The van der Waals surface area contributed by atoms with Crippen LogP contribution in [-0.2, 0) is 6.54 Å². The van der Waals surface area contributed by atoms with E-state index in [1.807, 2.05) is 24.5 Å². The van der Waals surface area contributed by atoms with Gasteiger partial charge in [-0.2, -0.15) is 0 Å². The summed E-state index contributed by atoms with van der Waals surface area (Å²) in [5.74, 6) is -0.112. The van der Waals surface area contributed by atoms with Crippen molar-refractivity contribution in [3.8, 4) is 0 Å². The number of aromatic nitrogens is 2. The fraction of sp³-hybridized carbons (Fsp3) is 0.333. The van der Waals surface area contributed by atoms with Crippen LogP contribution < -0.4 is 0 Å². The van der Waals surface area contributed by atoms with Crippen LogP contribution in [0.1, 0.15) is 23.2 Å². The summed E-state index contributed by atoms with van der Waals surface area (Å²) in [6.45, 7) is 3.70. The van der Waals surface area contributed by atoms with Crippen molar-refractivity contribution >= 4 is 16.8 Å². The zero-order valence-corrected chi connectivity index (χ0v) is 14.6. The normalized spacial score (nSPS) is 16.2. The Bertz CT molecular complexity index is 895. The quantitative estimate of drug-likeness (QED) is 0.657. The smallest absolute Gasteiger partial charge is 0.166 e. The fourth-order valence-electron chi connectivity index (χ4n) is 3.71. The average Bonchev–Trinajstić information content (AvgIpc) is 3.10. The van der Waals surface area contributed by atoms with Crippen LogP contribution in [0.15, 0.2) is 54.9 Å². The lowest BCUT2D eigenvalue weighted by Gasteiger charge is -2.31. The molecule has 0 atom stereocenters. The predicted octanol–water partition coefficient (Wildman–Crippen LogP) is 3.77. The Kier molecular flexibility index (Phi) is 4.80. The highest BCUT2D eigenvalue weighted by molar-refractivity contribution is 5.97. The molecule has 1 fully saturated rings. The predicted molar refractivity (Wildman–Crippen MR) is 99.6 cm³/mol. The van der Waals surface area contributed by atoms with E-state index in [0.717, 1.165) is 50.1 Å². The van der Waals surface area contributed by atoms with E-state index in [9.17, 15) is 9.18 Å². The van der Waals surface area contributed by atoms with E-state index in [1.54, 1.807) is 12.1 Å². The Balaban J connectivity index is 1.31. The highest BCUT2D eigenvalue weighted by Gasteiger charge is 2.25. The van der Waals surface area contributed by atoms with Gasteiger partial charge in [0.25, 0.3) is 0 Å². The molecular weight excluding hydrogens is 329 g/mol. The number of Topliss-reactive ketones (excluding diaryl/α,β-unsaturated/α-hetero) is 1. The lowest BCUT2D eigenvalue weighted by atomic mass is 9.89. The molecule has 5 heteroatoms. The molecule has 1 saturated heterocycles. The van der Waals surface area contributed by atoms with Gasteiger partial charge in [0.05, 0.1) is 17.4 Å². The monoisotopic (exact) mass is 351 g/mol. The molecule has 2 heterocycles. The summed E-state index contributed by atoms with van der Waals surface area (Å²) in [4.78, 5) is 19.4. The van der Waals surface area contributed by atoms with Gasteiger partial charge in [-0.25, -0.2) is 9.37 Å². The van der Waals surface area contributed by atoms with Crippen molar-refractivity contribution < 1.29 is 9.18 Å². The minimum absolute atomic E-state index is 0.0470. The molecule has 26 heavy (non-hydrogen) atoms. The van der Waals surface area contributed by atoms with Gasteiger partial charge in [-0.05, 0) is 62.3 Å². The van der Waals surface area contributed by atoms with Crippen molar-refractivity contribution in [2.24, 2.45) is 5.92 Å². The van der Waals surface area contributed by atoms with E-state index in [0.29, 0.717) is 5.56 Å². The second kappa shape index (κ2) is 7.38. The molecular formula is C21H22FN3O. The lowest BCUT2D eigenvalue weighted by molar-refractivity contribution is 0.0838. The molecule has 0 amide bonds. The van der Waals surface area contributed by atoms with E-state index in [4.69, 9.17) is 0 Å². The van der Waals surface area contributed by atoms with Gasteiger partial charge in [-0.15, -0.1) is 0 Å². The van der Waals surface area contributed by atoms with Crippen molar-refractivity contribution in [2.45, 2.75) is 19.4 Å². The molecule has 0 N–H and O–H groups in total. The first-order valence-electron chi connectivity index (χ1n) is 9.13. The lowest BCUT2D eigenvalue weighted by Crippen LogP contribution is -2.38. The average molecular weight is 351 g/mol. The first-order chi connectivity index (χ1) is 12.7. The van der Waals surface area contributed by atoms with Gasteiger partial charge in [-0.3, -0.25) is 4.79 Å². The molecule has 4 rings (SSSR count). The van der Waals surface area contributed by atoms with E-state index < -0.39 is 0 Å². The van der Waals surface area contributed by atoms with E-state index in [-0.39, 0.29) is 17.5 Å². The minimum Gasteiger partial charge on any atom is -0.329 e. The maximum Gasteiger partial charge on any atom is 0.166 e. The number of likely N-dealkylation sites (tertiary alicyclic amines) is 1. The molecule has 0 saturated carbocycles. The maximum absolute atomic E-state index is 13.0. The Hall–Kier alpha value is -2.53. The van der Waals surface area contributed by atoms with Crippen LogP contribution in [0.5, 0.6) is 0 Å². The summed E-state index contributed by atoms with van der Waals surface area (Å²) in [5, 5.41) is 0. The molecule has 0 aliphatic carbocycles. The number of nitrogens with zero attached hydrogens (tertiary/aromatic N) is 3. The molecule has 0 spiro atoms. The number of rotatable bonds is 5. The highest BCUT2D eigenvalue weighted by Crippen LogP contribution is 2.22. The largest absolute Gasteiger partial charge is 0.329 e. The summed E-state index contributed by atoms with van der Waals surface area (Å²) in [5.41, 5.74) is 2.81.